The van der Waals surface area contributed by atoms with Gasteiger partial charge >= 0.3 is 0 Å². The summed E-state index contributed by atoms with van der Waals surface area (Å²) >= 11 is 0. The molecule has 0 unspecified atom stereocenters. The lowest BCUT2D eigenvalue weighted by atomic mass is 10.2. The molecule has 2 rings (SSSR count). The molecule has 19 heavy (non-hydrogen) atoms. The first-order valence-corrected chi connectivity index (χ1v) is 6.78. The summed E-state index contributed by atoms with van der Waals surface area (Å²) in [4.78, 5) is 2.28. The second kappa shape index (κ2) is 5.78. The Labute approximate surface area is 114 Å². The number of hydrogen-bond donors (Lipinski definition) is 1. The summed E-state index contributed by atoms with van der Waals surface area (Å²) in [5.41, 5.74) is 10.3. The first kappa shape index (κ1) is 13.5. The van der Waals surface area contributed by atoms with Crippen molar-refractivity contribution in [3.05, 3.63) is 41.7 Å². The number of nitrogen functional groups attached to an aromatic ring is 1. The molecule has 0 aliphatic rings. The maximum absolute atomic E-state index is 6.06. The Morgan fingerprint density at radius 1 is 1.26 bits per heavy atom. The van der Waals surface area contributed by atoms with Crippen LogP contribution < -0.4 is 10.6 Å². The SMILES string of the molecule is CCN(Cc1cc(C)nn1CC)c1ccccc1N. The maximum Gasteiger partial charge on any atom is 0.0603 e. The number of nitrogens with zero attached hydrogens (tertiary/aromatic N) is 3. The zero-order valence-corrected chi connectivity index (χ0v) is 11.9. The molecule has 1 aromatic carbocycles. The number of rotatable bonds is 5. The van der Waals surface area contributed by atoms with E-state index >= 15 is 0 Å². The number of para-hydroxylation sites is 2. The van der Waals surface area contributed by atoms with Crippen LogP contribution in [0.4, 0.5) is 11.4 Å². The second-order valence-corrected chi connectivity index (χ2v) is 4.67. The Morgan fingerprint density at radius 3 is 2.63 bits per heavy atom. The number of aryl methyl sites for hydroxylation is 2. The molecule has 0 aliphatic heterocycles. The van der Waals surface area contributed by atoms with Crippen molar-refractivity contribution < 1.29 is 0 Å². The van der Waals surface area contributed by atoms with Crippen LogP contribution in [0.15, 0.2) is 30.3 Å². The molecule has 2 aromatic rings. The molecule has 0 atom stereocenters. The van der Waals surface area contributed by atoms with Crippen LogP contribution in [0, 0.1) is 6.92 Å². The zero-order chi connectivity index (χ0) is 13.8. The van der Waals surface area contributed by atoms with Crippen LogP contribution in [0.1, 0.15) is 25.2 Å². The van der Waals surface area contributed by atoms with Crippen molar-refractivity contribution in [2.75, 3.05) is 17.2 Å². The highest BCUT2D eigenvalue weighted by molar-refractivity contribution is 5.67. The number of aromatic nitrogens is 2. The monoisotopic (exact) mass is 258 g/mol. The standard InChI is InChI=1S/C15H22N4/c1-4-18(15-9-7-6-8-14(15)16)11-13-10-12(3)17-19(13)5-2/h6-10H,4-5,11,16H2,1-3H3. The lowest BCUT2D eigenvalue weighted by Crippen LogP contribution is -2.24. The van der Waals surface area contributed by atoms with Gasteiger partial charge in [0.25, 0.3) is 0 Å². The van der Waals surface area contributed by atoms with Gasteiger partial charge in [-0.15, -0.1) is 0 Å². The van der Waals surface area contributed by atoms with E-state index < -0.39 is 0 Å². The van der Waals surface area contributed by atoms with E-state index in [0.29, 0.717) is 0 Å². The quantitative estimate of drug-likeness (QED) is 0.839. The summed E-state index contributed by atoms with van der Waals surface area (Å²) < 4.78 is 2.05. The molecular formula is C15H22N4. The predicted octanol–water partition coefficient (Wildman–Crippen LogP) is 2.82. The van der Waals surface area contributed by atoms with Gasteiger partial charge in [-0.3, -0.25) is 4.68 Å². The van der Waals surface area contributed by atoms with Gasteiger partial charge in [0.15, 0.2) is 0 Å². The minimum Gasteiger partial charge on any atom is -0.397 e. The molecule has 0 aliphatic carbocycles. The molecule has 1 heterocycles. The first-order valence-electron chi connectivity index (χ1n) is 6.78. The van der Waals surface area contributed by atoms with Crippen LogP contribution in [-0.2, 0) is 13.1 Å². The van der Waals surface area contributed by atoms with Gasteiger partial charge in [-0.25, -0.2) is 0 Å². The molecule has 0 radical (unpaired) electrons. The number of benzene rings is 1. The van der Waals surface area contributed by atoms with Crippen molar-refractivity contribution in [1.29, 1.82) is 0 Å². The fourth-order valence-corrected chi connectivity index (χ4v) is 2.34. The minimum absolute atomic E-state index is 0.823. The Bertz CT molecular complexity index is 545. The van der Waals surface area contributed by atoms with E-state index in [4.69, 9.17) is 5.73 Å². The van der Waals surface area contributed by atoms with E-state index in [1.54, 1.807) is 0 Å². The van der Waals surface area contributed by atoms with E-state index in [1.807, 2.05) is 25.1 Å². The van der Waals surface area contributed by atoms with Crippen LogP contribution in [0.5, 0.6) is 0 Å². The molecule has 0 fully saturated rings. The Morgan fingerprint density at radius 2 is 2.00 bits per heavy atom. The van der Waals surface area contributed by atoms with E-state index in [9.17, 15) is 0 Å². The van der Waals surface area contributed by atoms with E-state index in [0.717, 1.165) is 36.7 Å². The van der Waals surface area contributed by atoms with Gasteiger partial charge in [-0.2, -0.15) is 5.10 Å². The molecular weight excluding hydrogens is 236 g/mol. The Kier molecular flexibility index (Phi) is 4.10. The highest BCUT2D eigenvalue weighted by Gasteiger charge is 2.11. The first-order chi connectivity index (χ1) is 9.15. The van der Waals surface area contributed by atoms with Crippen molar-refractivity contribution in [1.82, 2.24) is 9.78 Å². The average molecular weight is 258 g/mol. The van der Waals surface area contributed by atoms with Gasteiger partial charge in [0.05, 0.1) is 29.3 Å². The zero-order valence-electron chi connectivity index (χ0n) is 11.9. The normalized spacial score (nSPS) is 10.7. The topological polar surface area (TPSA) is 47.1 Å². The van der Waals surface area contributed by atoms with E-state index in [1.165, 1.54) is 5.69 Å². The number of nitrogens with two attached hydrogens (primary N) is 1. The average Bonchev–Trinajstić information content (AvgIpc) is 2.77. The molecule has 1 aromatic heterocycles. The molecule has 2 N–H and O–H groups in total. The van der Waals surface area contributed by atoms with Gasteiger partial charge in [0.2, 0.25) is 0 Å². The van der Waals surface area contributed by atoms with Crippen molar-refractivity contribution >= 4 is 11.4 Å². The van der Waals surface area contributed by atoms with Crippen LogP contribution in [0.25, 0.3) is 0 Å². The highest BCUT2D eigenvalue weighted by Crippen LogP contribution is 2.24. The lowest BCUT2D eigenvalue weighted by Gasteiger charge is -2.24. The molecule has 102 valence electrons. The highest BCUT2D eigenvalue weighted by atomic mass is 15.3. The van der Waals surface area contributed by atoms with Crippen LogP contribution >= 0.6 is 0 Å². The summed E-state index contributed by atoms with van der Waals surface area (Å²) in [6.45, 7) is 8.93. The molecule has 4 nitrogen and oxygen atoms in total. The van der Waals surface area contributed by atoms with Gasteiger partial charge < -0.3 is 10.6 Å². The van der Waals surface area contributed by atoms with Crippen LogP contribution in [0.2, 0.25) is 0 Å². The fourth-order valence-electron chi connectivity index (χ4n) is 2.34. The van der Waals surface area contributed by atoms with Crippen LogP contribution in [0.3, 0.4) is 0 Å². The molecule has 0 spiro atoms. The van der Waals surface area contributed by atoms with Crippen molar-refractivity contribution in [3.63, 3.8) is 0 Å². The van der Waals surface area contributed by atoms with Crippen molar-refractivity contribution in [2.24, 2.45) is 0 Å². The van der Waals surface area contributed by atoms with Gasteiger partial charge in [-0.1, -0.05) is 12.1 Å². The van der Waals surface area contributed by atoms with Crippen molar-refractivity contribution in [2.45, 2.75) is 33.9 Å². The Balaban J connectivity index is 2.26. The van der Waals surface area contributed by atoms with Crippen molar-refractivity contribution in [3.8, 4) is 0 Å². The largest absolute Gasteiger partial charge is 0.397 e. The molecule has 0 saturated heterocycles. The van der Waals surface area contributed by atoms with Gasteiger partial charge in [-0.05, 0) is 39.0 Å². The Hall–Kier alpha value is -1.97. The predicted molar refractivity (Wildman–Crippen MR) is 80.2 cm³/mol. The smallest absolute Gasteiger partial charge is 0.0603 e. The molecule has 0 amide bonds. The van der Waals surface area contributed by atoms with E-state index in [-0.39, 0.29) is 0 Å². The summed E-state index contributed by atoms with van der Waals surface area (Å²) in [5.74, 6) is 0. The maximum atomic E-state index is 6.06. The van der Waals surface area contributed by atoms with Gasteiger partial charge in [0, 0.05) is 13.1 Å². The third kappa shape index (κ3) is 2.89. The molecule has 0 saturated carbocycles. The summed E-state index contributed by atoms with van der Waals surface area (Å²) in [6, 6.07) is 10.1. The molecule has 0 bridgehead atoms. The molecule has 4 heteroatoms. The summed E-state index contributed by atoms with van der Waals surface area (Å²) in [7, 11) is 0. The van der Waals surface area contributed by atoms with Gasteiger partial charge in [0.1, 0.15) is 0 Å². The lowest BCUT2D eigenvalue weighted by molar-refractivity contribution is 0.608. The number of hydrogen-bond acceptors (Lipinski definition) is 3. The summed E-state index contributed by atoms with van der Waals surface area (Å²) in [5, 5.41) is 4.49. The third-order valence-electron chi connectivity index (χ3n) is 3.30. The third-order valence-corrected chi connectivity index (χ3v) is 3.30. The van der Waals surface area contributed by atoms with E-state index in [2.05, 4.69) is 40.7 Å². The fraction of sp³-hybridized carbons (Fsp3) is 0.400. The minimum atomic E-state index is 0.823. The number of anilines is 2. The summed E-state index contributed by atoms with van der Waals surface area (Å²) in [6.07, 6.45) is 0. The second-order valence-electron chi connectivity index (χ2n) is 4.67. The van der Waals surface area contributed by atoms with Crippen LogP contribution in [-0.4, -0.2) is 16.3 Å².